The summed E-state index contributed by atoms with van der Waals surface area (Å²) in [5, 5.41) is 11.6. The van der Waals surface area contributed by atoms with Crippen molar-refractivity contribution in [1.29, 1.82) is 0 Å². The molecule has 102 valence electrons. The molecule has 0 aliphatic carbocycles. The van der Waals surface area contributed by atoms with Crippen molar-refractivity contribution in [3.63, 3.8) is 0 Å². The Balaban J connectivity index is 3.81. The zero-order valence-corrected chi connectivity index (χ0v) is 10.9. The van der Waals surface area contributed by atoms with Crippen LogP contribution in [-0.4, -0.2) is 48.1 Å². The number of aliphatic hydroxyl groups is 1. The van der Waals surface area contributed by atoms with Gasteiger partial charge in [0.2, 0.25) is 11.8 Å². The molecule has 0 fully saturated rings. The lowest BCUT2D eigenvalue weighted by Crippen LogP contribution is -2.39. The van der Waals surface area contributed by atoms with E-state index in [4.69, 9.17) is 11.5 Å². The average Bonchev–Trinajstić information content (AvgIpc) is 2.37. The SMILES string of the molecule is C#CCCCC(=O)NCCN(CCO)C(=O)CC. The van der Waals surface area contributed by atoms with Crippen molar-refractivity contribution in [2.45, 2.75) is 32.6 Å². The van der Waals surface area contributed by atoms with Gasteiger partial charge in [0.1, 0.15) is 0 Å². The van der Waals surface area contributed by atoms with Gasteiger partial charge in [-0.05, 0) is 6.42 Å². The summed E-state index contributed by atoms with van der Waals surface area (Å²) in [7, 11) is 0. The normalized spacial score (nSPS) is 9.61. The number of terminal acetylenes is 1. The van der Waals surface area contributed by atoms with Gasteiger partial charge in [-0.25, -0.2) is 0 Å². The third kappa shape index (κ3) is 7.69. The van der Waals surface area contributed by atoms with Crippen molar-refractivity contribution in [3.8, 4) is 12.3 Å². The highest BCUT2D eigenvalue weighted by atomic mass is 16.3. The third-order valence-electron chi connectivity index (χ3n) is 2.45. The van der Waals surface area contributed by atoms with Crippen LogP contribution in [0.15, 0.2) is 0 Å². The summed E-state index contributed by atoms with van der Waals surface area (Å²) in [5.41, 5.74) is 0. The molecule has 0 saturated carbocycles. The largest absolute Gasteiger partial charge is 0.395 e. The first-order chi connectivity index (χ1) is 8.65. The molecule has 0 atom stereocenters. The summed E-state index contributed by atoms with van der Waals surface area (Å²) < 4.78 is 0. The molecule has 0 radical (unpaired) electrons. The third-order valence-corrected chi connectivity index (χ3v) is 2.45. The number of carbonyl (C=O) groups excluding carboxylic acids is 2. The van der Waals surface area contributed by atoms with Gasteiger partial charge in [0.05, 0.1) is 6.61 Å². The molecule has 0 unspecified atom stereocenters. The van der Waals surface area contributed by atoms with Crippen LogP contribution in [0.1, 0.15) is 32.6 Å². The summed E-state index contributed by atoms with van der Waals surface area (Å²) in [6.07, 6.45) is 7.17. The van der Waals surface area contributed by atoms with E-state index in [1.165, 1.54) is 0 Å². The predicted octanol–water partition coefficient (Wildman–Crippen LogP) is 0.137. The van der Waals surface area contributed by atoms with E-state index in [0.717, 1.165) is 0 Å². The second-order valence-electron chi connectivity index (χ2n) is 3.87. The summed E-state index contributed by atoms with van der Waals surface area (Å²) in [4.78, 5) is 24.4. The number of nitrogens with zero attached hydrogens (tertiary/aromatic N) is 1. The second kappa shape index (κ2) is 10.6. The number of nitrogens with one attached hydrogen (secondary N) is 1. The quantitative estimate of drug-likeness (QED) is 0.454. The first-order valence-corrected chi connectivity index (χ1v) is 6.24. The zero-order chi connectivity index (χ0) is 13.8. The molecule has 0 aromatic carbocycles. The summed E-state index contributed by atoms with van der Waals surface area (Å²) in [6.45, 7) is 2.83. The van der Waals surface area contributed by atoms with Crippen LogP contribution in [0.3, 0.4) is 0 Å². The topological polar surface area (TPSA) is 69.6 Å². The molecule has 0 saturated heterocycles. The minimum Gasteiger partial charge on any atom is -0.395 e. The highest BCUT2D eigenvalue weighted by Gasteiger charge is 2.10. The standard InChI is InChI=1S/C13H22N2O3/c1-3-5-6-7-12(17)14-8-9-15(10-11-16)13(18)4-2/h1,16H,4-11H2,2H3,(H,14,17). The van der Waals surface area contributed by atoms with E-state index in [1.807, 2.05) is 0 Å². The number of carbonyl (C=O) groups is 2. The molecule has 2 amide bonds. The Bertz CT molecular complexity index is 297. The van der Waals surface area contributed by atoms with E-state index in [2.05, 4.69) is 11.2 Å². The Morgan fingerprint density at radius 2 is 2.11 bits per heavy atom. The van der Waals surface area contributed by atoms with Crippen LogP contribution in [0.2, 0.25) is 0 Å². The zero-order valence-electron chi connectivity index (χ0n) is 10.9. The number of unbranched alkanes of at least 4 members (excludes halogenated alkanes) is 1. The molecular formula is C13H22N2O3. The van der Waals surface area contributed by atoms with Crippen LogP contribution in [0.5, 0.6) is 0 Å². The maximum Gasteiger partial charge on any atom is 0.222 e. The Labute approximate surface area is 109 Å². The van der Waals surface area contributed by atoms with Gasteiger partial charge in [-0.1, -0.05) is 6.92 Å². The monoisotopic (exact) mass is 254 g/mol. The first kappa shape index (κ1) is 16.5. The lowest BCUT2D eigenvalue weighted by molar-refractivity contribution is -0.131. The minimum absolute atomic E-state index is 0.0226. The van der Waals surface area contributed by atoms with E-state index in [1.54, 1.807) is 11.8 Å². The van der Waals surface area contributed by atoms with Crippen molar-refractivity contribution >= 4 is 11.8 Å². The summed E-state index contributed by atoms with van der Waals surface area (Å²) in [6, 6.07) is 0. The lowest BCUT2D eigenvalue weighted by atomic mass is 10.2. The van der Waals surface area contributed by atoms with Gasteiger partial charge >= 0.3 is 0 Å². The highest BCUT2D eigenvalue weighted by Crippen LogP contribution is 1.95. The van der Waals surface area contributed by atoms with Crippen molar-refractivity contribution in [3.05, 3.63) is 0 Å². The highest BCUT2D eigenvalue weighted by molar-refractivity contribution is 5.77. The molecule has 0 aliphatic heterocycles. The van der Waals surface area contributed by atoms with E-state index in [9.17, 15) is 9.59 Å². The van der Waals surface area contributed by atoms with Gasteiger partial charge < -0.3 is 15.3 Å². The summed E-state index contributed by atoms with van der Waals surface area (Å²) >= 11 is 0. The van der Waals surface area contributed by atoms with Crippen LogP contribution in [-0.2, 0) is 9.59 Å². The molecule has 0 aromatic heterocycles. The molecule has 0 aliphatic rings. The van der Waals surface area contributed by atoms with Crippen molar-refractivity contribution in [2.24, 2.45) is 0 Å². The van der Waals surface area contributed by atoms with Crippen LogP contribution >= 0.6 is 0 Å². The maximum absolute atomic E-state index is 11.5. The van der Waals surface area contributed by atoms with Crippen molar-refractivity contribution in [2.75, 3.05) is 26.2 Å². The maximum atomic E-state index is 11.5. The molecule has 5 nitrogen and oxygen atoms in total. The van der Waals surface area contributed by atoms with Crippen molar-refractivity contribution < 1.29 is 14.7 Å². The fourth-order valence-electron chi connectivity index (χ4n) is 1.48. The first-order valence-electron chi connectivity index (χ1n) is 6.24. The molecular weight excluding hydrogens is 232 g/mol. The number of amides is 2. The van der Waals surface area contributed by atoms with Crippen LogP contribution in [0, 0.1) is 12.3 Å². The number of hydrogen-bond acceptors (Lipinski definition) is 3. The van der Waals surface area contributed by atoms with E-state index < -0.39 is 0 Å². The lowest BCUT2D eigenvalue weighted by Gasteiger charge is -2.21. The fourth-order valence-corrected chi connectivity index (χ4v) is 1.48. The molecule has 0 aromatic rings. The number of rotatable bonds is 9. The fraction of sp³-hybridized carbons (Fsp3) is 0.692. The van der Waals surface area contributed by atoms with Gasteiger partial charge in [0.15, 0.2) is 0 Å². The van der Waals surface area contributed by atoms with Crippen LogP contribution in [0.4, 0.5) is 0 Å². The summed E-state index contributed by atoms with van der Waals surface area (Å²) in [5.74, 6) is 2.40. The van der Waals surface area contributed by atoms with Gasteiger partial charge in [-0.15, -0.1) is 12.3 Å². The van der Waals surface area contributed by atoms with Crippen molar-refractivity contribution in [1.82, 2.24) is 10.2 Å². The molecule has 0 spiro atoms. The van der Waals surface area contributed by atoms with Gasteiger partial charge in [-0.2, -0.15) is 0 Å². The number of hydrogen-bond donors (Lipinski definition) is 2. The molecule has 2 N–H and O–H groups in total. The Hall–Kier alpha value is -1.54. The van der Waals surface area contributed by atoms with Gasteiger partial charge in [-0.3, -0.25) is 9.59 Å². The van der Waals surface area contributed by atoms with Crippen LogP contribution in [0.25, 0.3) is 0 Å². The Morgan fingerprint density at radius 1 is 1.39 bits per heavy atom. The average molecular weight is 254 g/mol. The predicted molar refractivity (Wildman–Crippen MR) is 69.7 cm³/mol. The molecule has 18 heavy (non-hydrogen) atoms. The van der Waals surface area contributed by atoms with E-state index in [0.29, 0.717) is 45.3 Å². The molecule has 5 heteroatoms. The van der Waals surface area contributed by atoms with Crippen LogP contribution < -0.4 is 5.32 Å². The minimum atomic E-state index is -0.0676. The molecule has 0 heterocycles. The van der Waals surface area contributed by atoms with E-state index in [-0.39, 0.29) is 18.4 Å². The Kier molecular flexibility index (Phi) is 9.70. The van der Waals surface area contributed by atoms with Gasteiger partial charge in [0.25, 0.3) is 0 Å². The Morgan fingerprint density at radius 3 is 2.67 bits per heavy atom. The van der Waals surface area contributed by atoms with Gasteiger partial charge in [0, 0.05) is 38.9 Å². The number of aliphatic hydroxyl groups excluding tert-OH is 1. The molecule has 0 bridgehead atoms. The molecule has 0 rings (SSSR count). The smallest absolute Gasteiger partial charge is 0.222 e. The van der Waals surface area contributed by atoms with E-state index >= 15 is 0 Å². The second-order valence-corrected chi connectivity index (χ2v) is 3.87.